The van der Waals surface area contributed by atoms with E-state index < -0.39 is 4.92 Å². The third-order valence-electron chi connectivity index (χ3n) is 4.09. The van der Waals surface area contributed by atoms with Gasteiger partial charge in [-0.2, -0.15) is 0 Å². The van der Waals surface area contributed by atoms with E-state index in [9.17, 15) is 10.1 Å². The number of nitro benzene ring substituents is 1. The number of aryl methyl sites for hydroxylation is 3. The number of nitrogens with zero attached hydrogens (tertiary/aromatic N) is 2. The molecule has 0 radical (unpaired) electrons. The Balaban J connectivity index is 1.86. The lowest BCUT2D eigenvalue weighted by molar-refractivity contribution is -0.385. The van der Waals surface area contributed by atoms with Crippen LogP contribution in [0.25, 0.3) is 0 Å². The van der Waals surface area contributed by atoms with Crippen molar-refractivity contribution in [3.63, 3.8) is 0 Å². The molecule has 0 aromatic heterocycles. The Morgan fingerprint density at radius 1 is 1.17 bits per heavy atom. The van der Waals surface area contributed by atoms with E-state index in [1.165, 1.54) is 22.8 Å². The fourth-order valence-electron chi connectivity index (χ4n) is 3.18. The summed E-state index contributed by atoms with van der Waals surface area (Å²) in [6, 6.07) is 10.8. The predicted octanol–water partition coefficient (Wildman–Crippen LogP) is 4.39. The molecule has 1 unspecified atom stereocenters. The number of benzene rings is 2. The van der Waals surface area contributed by atoms with Crippen LogP contribution in [-0.2, 0) is 4.84 Å². The summed E-state index contributed by atoms with van der Waals surface area (Å²) in [5, 5.41) is 15.1. The molecule has 0 fully saturated rings. The summed E-state index contributed by atoms with van der Waals surface area (Å²) in [5.41, 5.74) is 6.43. The third kappa shape index (κ3) is 2.95. The van der Waals surface area contributed by atoms with E-state index >= 15 is 0 Å². The Morgan fingerprint density at radius 2 is 1.87 bits per heavy atom. The van der Waals surface area contributed by atoms with Gasteiger partial charge in [-0.05, 0) is 31.9 Å². The molecule has 1 atom stereocenters. The van der Waals surface area contributed by atoms with E-state index in [0.717, 1.165) is 16.8 Å². The van der Waals surface area contributed by atoms with E-state index in [1.807, 2.05) is 6.07 Å². The average molecular weight is 310 g/mol. The monoisotopic (exact) mass is 310 g/mol. The number of hydrogen-bond acceptors (Lipinski definition) is 4. The SMILES string of the molecule is Cc1cc(C)c(C2=NOC(c3cccc([N+](=O)[O-])c3)C2)c(C)c1. The zero-order valence-electron chi connectivity index (χ0n) is 13.4. The quantitative estimate of drug-likeness (QED) is 0.624. The highest BCUT2D eigenvalue weighted by atomic mass is 16.6. The van der Waals surface area contributed by atoms with Gasteiger partial charge >= 0.3 is 0 Å². The van der Waals surface area contributed by atoms with E-state index in [0.29, 0.717) is 6.42 Å². The number of hydrogen-bond donors (Lipinski definition) is 0. The van der Waals surface area contributed by atoms with Crippen LogP contribution < -0.4 is 0 Å². The summed E-state index contributed by atoms with van der Waals surface area (Å²) in [5.74, 6) is 0. The van der Waals surface area contributed by atoms with E-state index in [-0.39, 0.29) is 11.8 Å². The molecule has 0 N–H and O–H groups in total. The maximum Gasteiger partial charge on any atom is 0.269 e. The van der Waals surface area contributed by atoms with Gasteiger partial charge in [0.1, 0.15) is 0 Å². The van der Waals surface area contributed by atoms with Gasteiger partial charge in [0.05, 0.1) is 10.6 Å². The maximum absolute atomic E-state index is 10.9. The van der Waals surface area contributed by atoms with Gasteiger partial charge in [0.15, 0.2) is 6.10 Å². The fourth-order valence-corrected chi connectivity index (χ4v) is 3.18. The van der Waals surface area contributed by atoms with E-state index in [4.69, 9.17) is 4.84 Å². The van der Waals surface area contributed by atoms with Crippen molar-refractivity contribution in [2.75, 3.05) is 0 Å². The van der Waals surface area contributed by atoms with Gasteiger partial charge in [0.2, 0.25) is 0 Å². The molecule has 118 valence electrons. The van der Waals surface area contributed by atoms with Crippen LogP contribution in [0.2, 0.25) is 0 Å². The molecule has 2 aromatic carbocycles. The van der Waals surface area contributed by atoms with Crippen LogP contribution in [0.15, 0.2) is 41.6 Å². The lowest BCUT2D eigenvalue weighted by atomic mass is 9.92. The smallest absolute Gasteiger partial charge is 0.269 e. The molecule has 5 heteroatoms. The molecule has 2 aromatic rings. The van der Waals surface area contributed by atoms with Crippen molar-refractivity contribution in [2.45, 2.75) is 33.3 Å². The van der Waals surface area contributed by atoms with Crippen molar-refractivity contribution >= 4 is 11.4 Å². The van der Waals surface area contributed by atoms with Crippen LogP contribution in [0.1, 0.15) is 40.3 Å². The zero-order chi connectivity index (χ0) is 16.6. The average Bonchev–Trinajstić information content (AvgIpc) is 2.96. The normalized spacial score (nSPS) is 16.8. The first-order chi connectivity index (χ1) is 11.0. The second kappa shape index (κ2) is 5.83. The summed E-state index contributed by atoms with van der Waals surface area (Å²) in [6.45, 7) is 6.21. The third-order valence-corrected chi connectivity index (χ3v) is 4.09. The number of nitro groups is 1. The van der Waals surface area contributed by atoms with Crippen molar-refractivity contribution in [3.8, 4) is 0 Å². The van der Waals surface area contributed by atoms with Crippen molar-refractivity contribution in [1.82, 2.24) is 0 Å². The van der Waals surface area contributed by atoms with Crippen LogP contribution in [0.3, 0.4) is 0 Å². The minimum Gasteiger partial charge on any atom is -0.387 e. The Bertz CT molecular complexity index is 789. The molecule has 1 aliphatic heterocycles. The molecule has 3 rings (SSSR count). The summed E-state index contributed by atoms with van der Waals surface area (Å²) in [7, 11) is 0. The lowest BCUT2D eigenvalue weighted by Crippen LogP contribution is -2.06. The van der Waals surface area contributed by atoms with Gasteiger partial charge in [0, 0.05) is 29.7 Å². The van der Waals surface area contributed by atoms with E-state index in [2.05, 4.69) is 38.1 Å². The first kappa shape index (κ1) is 15.2. The highest BCUT2D eigenvalue weighted by molar-refractivity contribution is 6.03. The minimum absolute atomic E-state index is 0.0715. The van der Waals surface area contributed by atoms with Crippen molar-refractivity contribution in [3.05, 3.63) is 74.3 Å². The van der Waals surface area contributed by atoms with Gasteiger partial charge in [-0.1, -0.05) is 35.0 Å². The van der Waals surface area contributed by atoms with Gasteiger partial charge in [-0.3, -0.25) is 10.1 Å². The zero-order valence-corrected chi connectivity index (χ0v) is 13.4. The molecule has 0 saturated heterocycles. The second-order valence-electron chi connectivity index (χ2n) is 5.96. The molecule has 5 nitrogen and oxygen atoms in total. The predicted molar refractivity (Wildman–Crippen MR) is 88.7 cm³/mol. The summed E-state index contributed by atoms with van der Waals surface area (Å²) in [6.07, 6.45) is 0.344. The largest absolute Gasteiger partial charge is 0.387 e. The lowest BCUT2D eigenvalue weighted by Gasteiger charge is -2.11. The molecule has 0 aliphatic carbocycles. The molecular weight excluding hydrogens is 292 g/mol. The Hall–Kier alpha value is -2.69. The Kier molecular flexibility index (Phi) is 3.86. The first-order valence-electron chi connectivity index (χ1n) is 7.51. The minimum atomic E-state index is -0.394. The van der Waals surface area contributed by atoms with Crippen molar-refractivity contribution in [1.29, 1.82) is 0 Å². The summed E-state index contributed by atoms with van der Waals surface area (Å²) < 4.78 is 0. The molecule has 0 saturated carbocycles. The van der Waals surface area contributed by atoms with Crippen LogP contribution in [0.5, 0.6) is 0 Å². The molecule has 0 bridgehead atoms. The van der Waals surface area contributed by atoms with Gasteiger partial charge in [0.25, 0.3) is 5.69 Å². The molecule has 1 heterocycles. The molecular formula is C18H18N2O3. The first-order valence-corrected chi connectivity index (χ1v) is 7.51. The standard InChI is InChI=1S/C18H18N2O3/c1-11-7-12(2)18(13(3)8-11)16-10-17(23-19-16)14-5-4-6-15(9-14)20(21)22/h4-9,17H,10H2,1-3H3. The highest BCUT2D eigenvalue weighted by Gasteiger charge is 2.26. The van der Waals surface area contributed by atoms with E-state index in [1.54, 1.807) is 12.1 Å². The summed E-state index contributed by atoms with van der Waals surface area (Å²) >= 11 is 0. The number of rotatable bonds is 3. The molecule has 1 aliphatic rings. The number of oxime groups is 1. The summed E-state index contributed by atoms with van der Waals surface area (Å²) in [4.78, 5) is 16.1. The Labute approximate surface area is 134 Å². The van der Waals surface area contributed by atoms with Crippen LogP contribution in [0, 0.1) is 30.9 Å². The maximum atomic E-state index is 10.9. The second-order valence-corrected chi connectivity index (χ2v) is 5.96. The fraction of sp³-hybridized carbons (Fsp3) is 0.278. The molecule has 0 amide bonds. The van der Waals surface area contributed by atoms with Gasteiger partial charge in [-0.15, -0.1) is 0 Å². The number of non-ortho nitro benzene ring substituents is 1. The molecule has 23 heavy (non-hydrogen) atoms. The van der Waals surface area contributed by atoms with Gasteiger partial charge < -0.3 is 4.84 Å². The van der Waals surface area contributed by atoms with Crippen LogP contribution >= 0.6 is 0 Å². The van der Waals surface area contributed by atoms with Crippen LogP contribution in [-0.4, -0.2) is 10.6 Å². The Morgan fingerprint density at radius 3 is 2.52 bits per heavy atom. The van der Waals surface area contributed by atoms with Crippen molar-refractivity contribution in [2.24, 2.45) is 5.16 Å². The molecule has 0 spiro atoms. The topological polar surface area (TPSA) is 64.7 Å². The van der Waals surface area contributed by atoms with Crippen LogP contribution in [0.4, 0.5) is 5.69 Å². The van der Waals surface area contributed by atoms with Gasteiger partial charge in [-0.25, -0.2) is 0 Å². The van der Waals surface area contributed by atoms with Crippen molar-refractivity contribution < 1.29 is 9.76 Å². The highest BCUT2D eigenvalue weighted by Crippen LogP contribution is 2.33.